The first-order valence-corrected chi connectivity index (χ1v) is 8.50. The van der Waals surface area contributed by atoms with E-state index in [-0.39, 0.29) is 5.91 Å². The van der Waals surface area contributed by atoms with Gasteiger partial charge >= 0.3 is 0 Å². The zero-order valence-electron chi connectivity index (χ0n) is 14.6. The minimum Gasteiger partial charge on any atom is -0.319 e. The number of rotatable bonds is 7. The fraction of sp³-hybridized carbons (Fsp3) is 0.263. The second-order valence-electron chi connectivity index (χ2n) is 5.95. The molecule has 0 saturated carbocycles. The molecule has 0 aliphatic rings. The van der Waals surface area contributed by atoms with E-state index >= 15 is 0 Å². The molecule has 0 aliphatic carbocycles. The zero-order valence-corrected chi connectivity index (χ0v) is 14.6. The zero-order chi connectivity index (χ0) is 18.4. The number of para-hydroxylation sites is 1. The molecule has 0 atom stereocenters. The smallest absolute Gasteiger partial charge is 0.259 e. The number of nitriles is 1. The maximum absolute atomic E-state index is 12.6. The Bertz CT molecular complexity index is 919. The predicted molar refractivity (Wildman–Crippen MR) is 97.9 cm³/mol. The van der Waals surface area contributed by atoms with Crippen molar-refractivity contribution in [2.75, 3.05) is 5.32 Å². The molecule has 0 aliphatic heterocycles. The van der Waals surface area contributed by atoms with Crippen molar-refractivity contribution in [3.8, 4) is 11.8 Å². The maximum atomic E-state index is 12.6. The summed E-state index contributed by atoms with van der Waals surface area (Å²) in [7, 11) is 0. The summed E-state index contributed by atoms with van der Waals surface area (Å²) in [5, 5.41) is 20.0. The van der Waals surface area contributed by atoms with Crippen LogP contribution in [0.5, 0.6) is 0 Å². The molecule has 0 fully saturated rings. The van der Waals surface area contributed by atoms with Crippen LogP contribution in [-0.4, -0.2) is 25.5 Å². The third-order valence-corrected chi connectivity index (χ3v) is 4.07. The van der Waals surface area contributed by atoms with E-state index in [1.807, 2.05) is 37.3 Å². The van der Waals surface area contributed by atoms with Gasteiger partial charge in [0.2, 0.25) is 0 Å². The van der Waals surface area contributed by atoms with Gasteiger partial charge in [-0.3, -0.25) is 9.48 Å². The Hall–Kier alpha value is -3.40. The molecule has 1 amide bonds. The number of hydrogen-bond donors (Lipinski definition) is 1. The highest BCUT2D eigenvalue weighted by Gasteiger charge is 2.15. The van der Waals surface area contributed by atoms with E-state index in [2.05, 4.69) is 21.6 Å². The van der Waals surface area contributed by atoms with Gasteiger partial charge in [0.1, 0.15) is 0 Å². The number of aryl methyl sites for hydroxylation is 1. The minimum absolute atomic E-state index is 0.214. The molecule has 2 heterocycles. The molecule has 3 aromatic rings. The van der Waals surface area contributed by atoms with Crippen LogP contribution in [0.1, 0.15) is 35.3 Å². The maximum Gasteiger partial charge on any atom is 0.259 e. The summed E-state index contributed by atoms with van der Waals surface area (Å²) in [6, 6.07) is 11.8. The van der Waals surface area contributed by atoms with Crippen molar-refractivity contribution >= 4 is 11.6 Å². The summed E-state index contributed by atoms with van der Waals surface area (Å²) < 4.78 is 3.51. The van der Waals surface area contributed by atoms with E-state index in [1.165, 1.54) is 0 Å². The quantitative estimate of drug-likeness (QED) is 0.663. The predicted octanol–water partition coefficient (Wildman–Crippen LogP) is 3.32. The van der Waals surface area contributed by atoms with Crippen LogP contribution in [0.25, 0.3) is 5.69 Å². The lowest BCUT2D eigenvalue weighted by Crippen LogP contribution is -2.12. The molecular weight excluding hydrogens is 328 g/mol. The number of unbranched alkanes of at least 4 members (excludes halogenated alkanes) is 2. The largest absolute Gasteiger partial charge is 0.319 e. The number of hydrogen-bond acceptors (Lipinski definition) is 4. The molecule has 1 N–H and O–H groups in total. The summed E-state index contributed by atoms with van der Waals surface area (Å²) in [6.07, 6.45) is 7.27. The van der Waals surface area contributed by atoms with Crippen LogP contribution >= 0.6 is 0 Å². The fourth-order valence-electron chi connectivity index (χ4n) is 2.69. The van der Waals surface area contributed by atoms with Crippen LogP contribution < -0.4 is 5.32 Å². The van der Waals surface area contributed by atoms with Crippen molar-refractivity contribution in [2.45, 2.75) is 32.7 Å². The van der Waals surface area contributed by atoms with Gasteiger partial charge in [0, 0.05) is 19.2 Å². The van der Waals surface area contributed by atoms with E-state index in [0.717, 1.165) is 30.8 Å². The van der Waals surface area contributed by atoms with Gasteiger partial charge in [-0.1, -0.05) is 18.2 Å². The molecular formula is C19H20N6O. The van der Waals surface area contributed by atoms with Crippen molar-refractivity contribution in [3.05, 3.63) is 60.2 Å². The molecule has 0 unspecified atom stereocenters. The Morgan fingerprint density at radius 2 is 2.00 bits per heavy atom. The Kier molecular flexibility index (Phi) is 5.44. The number of carbonyl (C=O) groups excluding carboxylic acids is 1. The number of nitrogens with zero attached hydrogens (tertiary/aromatic N) is 5. The summed E-state index contributed by atoms with van der Waals surface area (Å²) in [4.78, 5) is 12.6. The minimum atomic E-state index is -0.214. The van der Waals surface area contributed by atoms with E-state index < -0.39 is 0 Å². The van der Waals surface area contributed by atoms with Crippen molar-refractivity contribution in [2.24, 2.45) is 0 Å². The lowest BCUT2D eigenvalue weighted by Gasteiger charge is -2.05. The number of carbonyl (C=O) groups is 1. The molecule has 0 bridgehead atoms. The van der Waals surface area contributed by atoms with Crippen LogP contribution in [0.2, 0.25) is 0 Å². The van der Waals surface area contributed by atoms with Crippen LogP contribution in [0.3, 0.4) is 0 Å². The van der Waals surface area contributed by atoms with Gasteiger partial charge in [-0.25, -0.2) is 4.68 Å². The lowest BCUT2D eigenvalue weighted by atomic mass is 10.2. The normalized spacial score (nSPS) is 10.5. The first kappa shape index (κ1) is 17.4. The van der Waals surface area contributed by atoms with Gasteiger partial charge in [0.15, 0.2) is 0 Å². The molecule has 26 heavy (non-hydrogen) atoms. The monoisotopic (exact) mass is 348 g/mol. The second-order valence-corrected chi connectivity index (χ2v) is 5.95. The third kappa shape index (κ3) is 3.98. The van der Waals surface area contributed by atoms with E-state index in [0.29, 0.717) is 17.7 Å². The van der Waals surface area contributed by atoms with E-state index in [1.54, 1.807) is 28.0 Å². The fourth-order valence-corrected chi connectivity index (χ4v) is 2.69. The van der Waals surface area contributed by atoms with Crippen LogP contribution in [0.15, 0.2) is 48.9 Å². The first-order valence-electron chi connectivity index (χ1n) is 8.50. The van der Waals surface area contributed by atoms with Crippen LogP contribution in [0.4, 0.5) is 5.69 Å². The second kappa shape index (κ2) is 8.12. The average molecular weight is 348 g/mol. The summed E-state index contributed by atoms with van der Waals surface area (Å²) >= 11 is 0. The Morgan fingerprint density at radius 1 is 1.19 bits per heavy atom. The highest BCUT2D eigenvalue weighted by Crippen LogP contribution is 2.16. The third-order valence-electron chi connectivity index (χ3n) is 4.07. The molecule has 2 aromatic heterocycles. The number of nitrogens with one attached hydrogen (secondary N) is 1. The molecule has 7 heteroatoms. The number of aromatic nitrogens is 4. The van der Waals surface area contributed by atoms with Crippen molar-refractivity contribution in [1.82, 2.24) is 19.6 Å². The van der Waals surface area contributed by atoms with Crippen LogP contribution in [0, 0.1) is 18.3 Å². The number of benzene rings is 1. The van der Waals surface area contributed by atoms with Gasteiger partial charge in [0.05, 0.1) is 41.1 Å². The average Bonchev–Trinajstić information content (AvgIpc) is 3.26. The molecule has 1 aromatic carbocycles. The summed E-state index contributed by atoms with van der Waals surface area (Å²) in [5.41, 5.74) is 2.85. The van der Waals surface area contributed by atoms with Gasteiger partial charge in [-0.15, -0.1) is 0 Å². The lowest BCUT2D eigenvalue weighted by molar-refractivity contribution is 0.102. The highest BCUT2D eigenvalue weighted by molar-refractivity contribution is 6.04. The van der Waals surface area contributed by atoms with Gasteiger partial charge in [-0.05, 0) is 31.9 Å². The van der Waals surface area contributed by atoms with Gasteiger partial charge in [-0.2, -0.15) is 15.5 Å². The summed E-state index contributed by atoms with van der Waals surface area (Å²) in [6.45, 7) is 2.59. The van der Waals surface area contributed by atoms with Crippen molar-refractivity contribution in [1.29, 1.82) is 5.26 Å². The highest BCUT2D eigenvalue weighted by atomic mass is 16.1. The van der Waals surface area contributed by atoms with Crippen molar-refractivity contribution < 1.29 is 4.79 Å². The first-order chi connectivity index (χ1) is 12.7. The molecule has 132 valence electrons. The standard InChI is InChI=1S/C19H20N6O/c1-15-18(13-22-25(15)17-8-4-2-5-9-17)19(26)23-16-12-21-24(14-16)11-7-3-6-10-20/h2,4-5,8-9,12-14H,3,6-7,11H2,1H3,(H,23,26). The van der Waals surface area contributed by atoms with Crippen molar-refractivity contribution in [3.63, 3.8) is 0 Å². The molecule has 7 nitrogen and oxygen atoms in total. The molecule has 0 spiro atoms. The number of amides is 1. The molecule has 3 rings (SSSR count). The van der Waals surface area contributed by atoms with E-state index in [9.17, 15) is 4.79 Å². The summed E-state index contributed by atoms with van der Waals surface area (Å²) in [5.74, 6) is -0.214. The molecule has 0 saturated heterocycles. The Labute approximate surface area is 151 Å². The van der Waals surface area contributed by atoms with Crippen LogP contribution in [-0.2, 0) is 6.54 Å². The van der Waals surface area contributed by atoms with Gasteiger partial charge in [0.25, 0.3) is 5.91 Å². The number of anilines is 1. The Morgan fingerprint density at radius 3 is 2.77 bits per heavy atom. The SMILES string of the molecule is Cc1c(C(=O)Nc2cnn(CCCCC#N)c2)cnn1-c1ccccc1. The topological polar surface area (TPSA) is 88.5 Å². The molecule has 0 radical (unpaired) electrons. The van der Waals surface area contributed by atoms with E-state index in [4.69, 9.17) is 5.26 Å². The Balaban J connectivity index is 1.65. The van der Waals surface area contributed by atoms with Gasteiger partial charge < -0.3 is 5.32 Å².